The third kappa shape index (κ3) is 3.76. The summed E-state index contributed by atoms with van der Waals surface area (Å²) >= 11 is 0. The molecule has 1 fully saturated rings. The van der Waals surface area contributed by atoms with Crippen LogP contribution in [-0.2, 0) is 6.54 Å². The first-order chi connectivity index (χ1) is 10.4. The fraction of sp³-hybridized carbons (Fsp3) is 0.588. The molecule has 122 valence electrons. The summed E-state index contributed by atoms with van der Waals surface area (Å²) in [7, 11) is 0. The Labute approximate surface area is 130 Å². The van der Waals surface area contributed by atoms with Gasteiger partial charge in [-0.15, -0.1) is 0 Å². The lowest BCUT2D eigenvalue weighted by Crippen LogP contribution is -2.57. The van der Waals surface area contributed by atoms with Gasteiger partial charge in [0, 0.05) is 37.7 Å². The van der Waals surface area contributed by atoms with E-state index in [1.807, 2.05) is 11.8 Å². The van der Waals surface area contributed by atoms with Crippen molar-refractivity contribution in [2.45, 2.75) is 40.2 Å². The van der Waals surface area contributed by atoms with Crippen molar-refractivity contribution in [2.75, 3.05) is 19.6 Å². The molecule has 0 aliphatic carbocycles. The molecule has 0 N–H and O–H groups in total. The molecule has 5 heteroatoms. The summed E-state index contributed by atoms with van der Waals surface area (Å²) in [6, 6.07) is 3.38. The number of nitrogens with zero attached hydrogens (tertiary/aromatic N) is 2. The highest BCUT2D eigenvalue weighted by Gasteiger charge is 2.37. The summed E-state index contributed by atoms with van der Waals surface area (Å²) in [6.45, 7) is 8.61. The van der Waals surface area contributed by atoms with Gasteiger partial charge >= 0.3 is 6.03 Å². The standard InChI is InChI=1S/C17H24F2N2O/c1-4-6-20-11-17(3,5-2)12-21(16(20)22)10-13-7-14(18)9-15(19)8-13/h7-9H,4-6,10-12H2,1-3H3. The molecule has 0 aromatic heterocycles. The number of carbonyl (C=O) groups is 1. The van der Waals surface area contributed by atoms with Crippen LogP contribution in [0.15, 0.2) is 18.2 Å². The molecule has 1 unspecified atom stereocenters. The lowest BCUT2D eigenvalue weighted by atomic mass is 9.84. The van der Waals surface area contributed by atoms with E-state index in [9.17, 15) is 13.6 Å². The highest BCUT2D eigenvalue weighted by Crippen LogP contribution is 2.30. The van der Waals surface area contributed by atoms with Gasteiger partial charge in [0.1, 0.15) is 11.6 Å². The lowest BCUT2D eigenvalue weighted by Gasteiger charge is -2.46. The van der Waals surface area contributed by atoms with E-state index in [0.717, 1.165) is 25.5 Å². The van der Waals surface area contributed by atoms with Crippen LogP contribution >= 0.6 is 0 Å². The van der Waals surface area contributed by atoms with Crippen LogP contribution in [0.1, 0.15) is 39.2 Å². The molecule has 2 amide bonds. The summed E-state index contributed by atoms with van der Waals surface area (Å²) in [6.07, 6.45) is 1.85. The fourth-order valence-corrected chi connectivity index (χ4v) is 3.02. The van der Waals surface area contributed by atoms with Crippen LogP contribution < -0.4 is 0 Å². The SMILES string of the molecule is CCCN1CC(C)(CC)CN(Cc2cc(F)cc(F)c2)C1=O. The van der Waals surface area contributed by atoms with Crippen molar-refractivity contribution >= 4 is 6.03 Å². The second kappa shape index (κ2) is 6.63. The summed E-state index contributed by atoms with van der Waals surface area (Å²) in [4.78, 5) is 16.1. The molecule has 2 rings (SSSR count). The van der Waals surface area contributed by atoms with Gasteiger partial charge in [-0.3, -0.25) is 0 Å². The molecule has 1 aromatic rings. The molecule has 0 saturated carbocycles. The van der Waals surface area contributed by atoms with Gasteiger partial charge in [-0.2, -0.15) is 0 Å². The van der Waals surface area contributed by atoms with Crippen molar-refractivity contribution in [1.29, 1.82) is 0 Å². The summed E-state index contributed by atoms with van der Waals surface area (Å²) in [5.41, 5.74) is 0.497. The molecular formula is C17H24F2N2O. The highest BCUT2D eigenvalue weighted by molar-refractivity contribution is 5.75. The van der Waals surface area contributed by atoms with Crippen LogP contribution in [-0.4, -0.2) is 35.5 Å². The van der Waals surface area contributed by atoms with Crippen molar-refractivity contribution in [2.24, 2.45) is 5.41 Å². The quantitative estimate of drug-likeness (QED) is 0.805. The van der Waals surface area contributed by atoms with Gasteiger partial charge in [-0.1, -0.05) is 20.8 Å². The predicted molar refractivity (Wildman–Crippen MR) is 82.4 cm³/mol. The first kappa shape index (κ1) is 16.7. The second-order valence-corrected chi connectivity index (χ2v) is 6.50. The Bertz CT molecular complexity index is 529. The zero-order valence-electron chi connectivity index (χ0n) is 13.5. The lowest BCUT2D eigenvalue weighted by molar-refractivity contribution is 0.0553. The predicted octanol–water partition coefficient (Wildman–Crippen LogP) is 4.03. The molecule has 0 radical (unpaired) electrons. The zero-order chi connectivity index (χ0) is 16.3. The largest absolute Gasteiger partial charge is 0.324 e. The summed E-state index contributed by atoms with van der Waals surface area (Å²) < 4.78 is 26.7. The Balaban J connectivity index is 2.21. The number of halogens is 2. The van der Waals surface area contributed by atoms with Gasteiger partial charge < -0.3 is 9.80 Å². The first-order valence-corrected chi connectivity index (χ1v) is 7.85. The minimum absolute atomic E-state index is 0.00888. The van der Waals surface area contributed by atoms with Crippen molar-refractivity contribution in [3.05, 3.63) is 35.4 Å². The molecule has 22 heavy (non-hydrogen) atoms. The second-order valence-electron chi connectivity index (χ2n) is 6.50. The number of hydrogen-bond donors (Lipinski definition) is 0. The molecule has 0 bridgehead atoms. The van der Waals surface area contributed by atoms with Crippen LogP contribution in [0.4, 0.5) is 13.6 Å². The highest BCUT2D eigenvalue weighted by atomic mass is 19.1. The number of hydrogen-bond acceptors (Lipinski definition) is 1. The van der Waals surface area contributed by atoms with Gasteiger partial charge in [0.05, 0.1) is 0 Å². The van der Waals surface area contributed by atoms with Crippen molar-refractivity contribution in [3.63, 3.8) is 0 Å². The molecule has 3 nitrogen and oxygen atoms in total. The first-order valence-electron chi connectivity index (χ1n) is 7.85. The Morgan fingerprint density at radius 1 is 1.09 bits per heavy atom. The minimum atomic E-state index is -0.608. The van der Waals surface area contributed by atoms with E-state index >= 15 is 0 Å². The normalized spacial score (nSPS) is 22.3. The minimum Gasteiger partial charge on any atom is -0.324 e. The van der Waals surface area contributed by atoms with Gasteiger partial charge in [-0.05, 0) is 30.5 Å². The monoisotopic (exact) mass is 310 g/mol. The van der Waals surface area contributed by atoms with Crippen LogP contribution in [0.5, 0.6) is 0 Å². The van der Waals surface area contributed by atoms with Crippen LogP contribution in [0, 0.1) is 17.0 Å². The maximum absolute atomic E-state index is 13.3. The maximum Gasteiger partial charge on any atom is 0.320 e. The summed E-state index contributed by atoms with van der Waals surface area (Å²) in [5.74, 6) is -1.22. The van der Waals surface area contributed by atoms with Crippen LogP contribution in [0.3, 0.4) is 0 Å². The van der Waals surface area contributed by atoms with E-state index in [1.165, 1.54) is 12.1 Å². The van der Waals surface area contributed by atoms with E-state index in [4.69, 9.17) is 0 Å². The van der Waals surface area contributed by atoms with Crippen molar-refractivity contribution < 1.29 is 13.6 Å². The Kier molecular flexibility index (Phi) is 5.04. The average Bonchev–Trinajstić information content (AvgIpc) is 2.43. The van der Waals surface area contributed by atoms with Crippen LogP contribution in [0.25, 0.3) is 0 Å². The van der Waals surface area contributed by atoms with Crippen molar-refractivity contribution in [3.8, 4) is 0 Å². The fourth-order valence-electron chi connectivity index (χ4n) is 3.02. The number of benzene rings is 1. The molecule has 1 atom stereocenters. The molecule has 1 saturated heterocycles. The van der Waals surface area contributed by atoms with E-state index in [1.54, 1.807) is 4.90 Å². The van der Waals surface area contributed by atoms with Gasteiger partial charge in [0.15, 0.2) is 0 Å². The molecular weight excluding hydrogens is 286 g/mol. The smallest absolute Gasteiger partial charge is 0.320 e. The molecule has 0 spiro atoms. The Morgan fingerprint density at radius 3 is 2.23 bits per heavy atom. The number of rotatable bonds is 5. The average molecular weight is 310 g/mol. The Hall–Kier alpha value is -1.65. The topological polar surface area (TPSA) is 23.6 Å². The van der Waals surface area contributed by atoms with Gasteiger partial charge in [0.2, 0.25) is 0 Å². The van der Waals surface area contributed by atoms with E-state index in [0.29, 0.717) is 18.7 Å². The van der Waals surface area contributed by atoms with E-state index in [2.05, 4.69) is 13.8 Å². The number of carbonyl (C=O) groups excluding carboxylic acids is 1. The van der Waals surface area contributed by atoms with E-state index < -0.39 is 11.6 Å². The van der Waals surface area contributed by atoms with Crippen LogP contribution in [0.2, 0.25) is 0 Å². The third-order valence-corrected chi connectivity index (χ3v) is 4.33. The molecule has 1 aliphatic rings. The summed E-state index contributed by atoms with van der Waals surface area (Å²) in [5, 5.41) is 0. The number of urea groups is 1. The third-order valence-electron chi connectivity index (χ3n) is 4.33. The van der Waals surface area contributed by atoms with E-state index in [-0.39, 0.29) is 18.0 Å². The van der Waals surface area contributed by atoms with Gasteiger partial charge in [0.25, 0.3) is 0 Å². The maximum atomic E-state index is 13.3. The molecule has 1 aliphatic heterocycles. The number of amides is 2. The molecule has 1 aromatic carbocycles. The van der Waals surface area contributed by atoms with Gasteiger partial charge in [-0.25, -0.2) is 13.6 Å². The van der Waals surface area contributed by atoms with Crippen molar-refractivity contribution in [1.82, 2.24) is 9.80 Å². The Morgan fingerprint density at radius 2 is 1.68 bits per heavy atom. The zero-order valence-corrected chi connectivity index (χ0v) is 13.5. The molecule has 1 heterocycles.